The highest BCUT2D eigenvalue weighted by molar-refractivity contribution is 8.00. The van der Waals surface area contributed by atoms with Gasteiger partial charge in [-0.05, 0) is 42.8 Å². The van der Waals surface area contributed by atoms with Crippen molar-refractivity contribution < 1.29 is 8.42 Å². The maximum atomic E-state index is 12.2. The third kappa shape index (κ3) is 4.31. The van der Waals surface area contributed by atoms with Crippen LogP contribution in [-0.4, -0.2) is 24.9 Å². The summed E-state index contributed by atoms with van der Waals surface area (Å²) in [5.74, 6) is 0.484. The minimum atomic E-state index is -3.32. The maximum absolute atomic E-state index is 12.2. The van der Waals surface area contributed by atoms with E-state index < -0.39 is 9.84 Å². The summed E-state index contributed by atoms with van der Waals surface area (Å²) in [5.41, 5.74) is 1.52. The van der Waals surface area contributed by atoms with Gasteiger partial charge in [0.15, 0.2) is 9.84 Å². The molecule has 2 aromatic rings. The molecule has 0 saturated heterocycles. The smallest absolute Gasteiger partial charge is 0.179 e. The van der Waals surface area contributed by atoms with Crippen molar-refractivity contribution in [2.75, 3.05) is 11.5 Å². The van der Waals surface area contributed by atoms with Gasteiger partial charge in [0.05, 0.1) is 27.3 Å². The molecule has 0 atom stereocenters. The molecular weight excluding hydrogens is 304 g/mol. The molecule has 4 nitrogen and oxygen atoms in total. The number of benzene rings is 1. The van der Waals surface area contributed by atoms with Crippen molar-refractivity contribution in [3.05, 3.63) is 53.7 Å². The molecule has 0 saturated carbocycles. The molecule has 108 valence electrons. The van der Waals surface area contributed by atoms with E-state index in [1.54, 1.807) is 6.20 Å². The van der Waals surface area contributed by atoms with Crippen LogP contribution in [0.5, 0.6) is 0 Å². The average molecular weight is 318 g/mol. The number of sulfone groups is 1. The Labute approximate surface area is 128 Å². The highest BCUT2D eigenvalue weighted by atomic mass is 32.2. The fraction of sp³-hybridized carbons (Fsp3) is 0.200. The summed E-state index contributed by atoms with van der Waals surface area (Å²) in [6, 6.07) is 11.8. The van der Waals surface area contributed by atoms with Crippen LogP contribution in [-0.2, 0) is 9.84 Å². The van der Waals surface area contributed by atoms with E-state index in [1.165, 1.54) is 36.0 Å². The third-order valence-corrected chi connectivity index (χ3v) is 5.76. The summed E-state index contributed by atoms with van der Waals surface area (Å²) in [7, 11) is -3.32. The predicted octanol–water partition coefficient (Wildman–Crippen LogP) is 2.83. The first-order valence-electron chi connectivity index (χ1n) is 6.30. The Morgan fingerprint density at radius 3 is 2.48 bits per heavy atom. The summed E-state index contributed by atoms with van der Waals surface area (Å²) in [6.07, 6.45) is 1.76. The van der Waals surface area contributed by atoms with Crippen LogP contribution >= 0.6 is 11.8 Å². The summed E-state index contributed by atoms with van der Waals surface area (Å²) in [5, 5.41) is 9.52. The fourth-order valence-electron chi connectivity index (χ4n) is 1.65. The standard InChI is InChI=1S/C15H14N2O2S2/c1-12-2-7-15(17-11-12)20-8-9-21(18,19)14-5-3-13(10-16)4-6-14/h2-7,11H,8-9H2,1H3. The first kappa shape index (κ1) is 15.5. The van der Waals surface area contributed by atoms with Gasteiger partial charge in [-0.1, -0.05) is 6.07 Å². The van der Waals surface area contributed by atoms with Crippen molar-refractivity contribution in [1.82, 2.24) is 4.98 Å². The van der Waals surface area contributed by atoms with E-state index in [1.807, 2.05) is 25.1 Å². The Hall–Kier alpha value is -1.84. The lowest BCUT2D eigenvalue weighted by Crippen LogP contribution is -2.09. The number of rotatable bonds is 5. The van der Waals surface area contributed by atoms with E-state index in [0.717, 1.165) is 10.6 Å². The number of hydrogen-bond donors (Lipinski definition) is 0. The number of aryl methyl sites for hydroxylation is 1. The summed E-state index contributed by atoms with van der Waals surface area (Å²) < 4.78 is 24.3. The zero-order chi connectivity index (χ0) is 15.3. The minimum Gasteiger partial charge on any atom is -0.250 e. The SMILES string of the molecule is Cc1ccc(SCCS(=O)(=O)c2ccc(C#N)cc2)nc1. The predicted molar refractivity (Wildman–Crippen MR) is 82.9 cm³/mol. The van der Waals surface area contributed by atoms with Crippen molar-refractivity contribution in [3.8, 4) is 6.07 Å². The monoisotopic (exact) mass is 318 g/mol. The zero-order valence-electron chi connectivity index (χ0n) is 11.5. The molecule has 0 N–H and O–H groups in total. The molecule has 0 bridgehead atoms. The van der Waals surface area contributed by atoms with Crippen molar-refractivity contribution >= 4 is 21.6 Å². The molecule has 21 heavy (non-hydrogen) atoms. The molecule has 1 heterocycles. The lowest BCUT2D eigenvalue weighted by atomic mass is 10.2. The molecular formula is C15H14N2O2S2. The normalized spacial score (nSPS) is 11.0. The van der Waals surface area contributed by atoms with Gasteiger partial charge in [0.1, 0.15) is 0 Å². The van der Waals surface area contributed by atoms with Gasteiger partial charge in [-0.15, -0.1) is 11.8 Å². The molecule has 1 aromatic heterocycles. The molecule has 0 aliphatic carbocycles. The van der Waals surface area contributed by atoms with Crippen LogP contribution in [0, 0.1) is 18.3 Å². The minimum absolute atomic E-state index is 0.0408. The average Bonchev–Trinajstić information content (AvgIpc) is 2.49. The molecule has 6 heteroatoms. The largest absolute Gasteiger partial charge is 0.250 e. The number of thioether (sulfide) groups is 1. The van der Waals surface area contributed by atoms with Gasteiger partial charge in [-0.2, -0.15) is 5.26 Å². The number of nitriles is 1. The van der Waals surface area contributed by atoms with E-state index in [2.05, 4.69) is 4.98 Å². The molecule has 0 aliphatic rings. The van der Waals surface area contributed by atoms with E-state index >= 15 is 0 Å². The van der Waals surface area contributed by atoms with Crippen LogP contribution in [0.2, 0.25) is 0 Å². The summed E-state index contributed by atoms with van der Waals surface area (Å²) in [4.78, 5) is 4.47. The van der Waals surface area contributed by atoms with Gasteiger partial charge in [0.2, 0.25) is 0 Å². The topological polar surface area (TPSA) is 70.8 Å². The lowest BCUT2D eigenvalue weighted by Gasteiger charge is -2.04. The first-order chi connectivity index (χ1) is 10.0. The van der Waals surface area contributed by atoms with E-state index in [4.69, 9.17) is 5.26 Å². The second kappa shape index (κ2) is 6.74. The molecule has 0 aliphatic heterocycles. The zero-order valence-corrected chi connectivity index (χ0v) is 13.1. The van der Waals surface area contributed by atoms with Gasteiger partial charge >= 0.3 is 0 Å². The summed E-state index contributed by atoms with van der Waals surface area (Å²) >= 11 is 1.42. The van der Waals surface area contributed by atoms with Crippen LogP contribution in [0.25, 0.3) is 0 Å². The Bertz CT molecular complexity index is 746. The van der Waals surface area contributed by atoms with Crippen molar-refractivity contribution in [1.29, 1.82) is 5.26 Å². The summed E-state index contributed by atoms with van der Waals surface area (Å²) in [6.45, 7) is 1.96. The number of hydrogen-bond acceptors (Lipinski definition) is 5. The lowest BCUT2D eigenvalue weighted by molar-refractivity contribution is 0.597. The second-order valence-electron chi connectivity index (χ2n) is 4.48. The molecule has 0 radical (unpaired) electrons. The van der Waals surface area contributed by atoms with Gasteiger partial charge in [-0.3, -0.25) is 0 Å². The number of nitrogens with zero attached hydrogens (tertiary/aromatic N) is 2. The van der Waals surface area contributed by atoms with Gasteiger partial charge in [0.25, 0.3) is 0 Å². The van der Waals surface area contributed by atoms with E-state index in [-0.39, 0.29) is 10.6 Å². The van der Waals surface area contributed by atoms with Crippen LogP contribution in [0.15, 0.2) is 52.5 Å². The maximum Gasteiger partial charge on any atom is 0.179 e. The van der Waals surface area contributed by atoms with Gasteiger partial charge in [0, 0.05) is 11.9 Å². The van der Waals surface area contributed by atoms with E-state index in [9.17, 15) is 8.42 Å². The highest BCUT2D eigenvalue weighted by Gasteiger charge is 2.14. The van der Waals surface area contributed by atoms with Crippen LogP contribution in [0.1, 0.15) is 11.1 Å². The van der Waals surface area contributed by atoms with Crippen molar-refractivity contribution in [2.24, 2.45) is 0 Å². The first-order valence-corrected chi connectivity index (χ1v) is 8.93. The van der Waals surface area contributed by atoms with E-state index in [0.29, 0.717) is 11.3 Å². The van der Waals surface area contributed by atoms with Gasteiger partial charge in [-0.25, -0.2) is 13.4 Å². The molecule has 0 spiro atoms. The Morgan fingerprint density at radius 1 is 1.19 bits per heavy atom. The highest BCUT2D eigenvalue weighted by Crippen LogP contribution is 2.18. The van der Waals surface area contributed by atoms with Crippen molar-refractivity contribution in [3.63, 3.8) is 0 Å². The second-order valence-corrected chi connectivity index (χ2v) is 7.70. The molecule has 1 aromatic carbocycles. The Balaban J connectivity index is 1.97. The molecule has 2 rings (SSSR count). The third-order valence-electron chi connectivity index (χ3n) is 2.83. The van der Waals surface area contributed by atoms with Gasteiger partial charge < -0.3 is 0 Å². The van der Waals surface area contributed by atoms with Crippen LogP contribution in [0.3, 0.4) is 0 Å². The van der Waals surface area contributed by atoms with Crippen LogP contribution in [0.4, 0.5) is 0 Å². The Kier molecular flexibility index (Phi) is 4.99. The molecule has 0 unspecified atom stereocenters. The molecule has 0 fully saturated rings. The fourth-order valence-corrected chi connectivity index (χ4v) is 4.15. The Morgan fingerprint density at radius 2 is 1.90 bits per heavy atom. The number of pyridine rings is 1. The number of aromatic nitrogens is 1. The quantitative estimate of drug-likeness (QED) is 0.793. The van der Waals surface area contributed by atoms with Crippen molar-refractivity contribution in [2.45, 2.75) is 16.8 Å². The molecule has 0 amide bonds. The van der Waals surface area contributed by atoms with Crippen LogP contribution < -0.4 is 0 Å².